The van der Waals surface area contributed by atoms with Crippen LogP contribution < -0.4 is 4.90 Å². The number of H-pyrrole nitrogens is 1. The first kappa shape index (κ1) is 18.2. The van der Waals surface area contributed by atoms with Crippen molar-refractivity contribution in [3.05, 3.63) is 34.4 Å². The van der Waals surface area contributed by atoms with Crippen LogP contribution in [0, 0.1) is 11.3 Å². The summed E-state index contributed by atoms with van der Waals surface area (Å²) in [4.78, 5) is 11.8. The van der Waals surface area contributed by atoms with Crippen molar-refractivity contribution in [1.29, 1.82) is 0 Å². The lowest BCUT2D eigenvalue weighted by molar-refractivity contribution is 0.161. The predicted molar refractivity (Wildman–Crippen MR) is 114 cm³/mol. The summed E-state index contributed by atoms with van der Waals surface area (Å²) in [7, 11) is 0. The fourth-order valence-corrected chi connectivity index (χ4v) is 5.46. The molecule has 1 spiro atoms. The number of hydrogen-bond acceptors (Lipinski definition) is 4. The van der Waals surface area contributed by atoms with Gasteiger partial charge in [-0.15, -0.1) is 0 Å². The van der Waals surface area contributed by atoms with Crippen LogP contribution in [0.1, 0.15) is 39.0 Å². The van der Waals surface area contributed by atoms with Crippen molar-refractivity contribution in [2.75, 3.05) is 18.0 Å². The zero-order chi connectivity index (χ0) is 19.3. The van der Waals surface area contributed by atoms with E-state index in [2.05, 4.69) is 27.0 Å². The standard InChI is InChI=1S/C21H23Cl2N5/c1-13-4-3-7-21(13)8-10-28(11-9-21)16-12-24-19-18(26-27-20(19)25-16)14-5-2-6-15(22)17(14)23/h2,5-6,12-13H,3-4,7-11H2,1H3,(H,25,26,27). The van der Waals surface area contributed by atoms with E-state index < -0.39 is 0 Å². The molecule has 1 aliphatic heterocycles. The molecule has 0 bridgehead atoms. The van der Waals surface area contributed by atoms with Gasteiger partial charge in [0, 0.05) is 18.7 Å². The van der Waals surface area contributed by atoms with Crippen LogP contribution in [0.2, 0.25) is 10.0 Å². The van der Waals surface area contributed by atoms with Crippen LogP contribution in [0.3, 0.4) is 0 Å². The number of hydrogen-bond donors (Lipinski definition) is 1. The molecule has 2 fully saturated rings. The number of fused-ring (bicyclic) bond motifs is 1. The molecule has 1 saturated carbocycles. The molecule has 1 unspecified atom stereocenters. The summed E-state index contributed by atoms with van der Waals surface area (Å²) in [6, 6.07) is 5.54. The molecule has 5 rings (SSSR count). The van der Waals surface area contributed by atoms with Gasteiger partial charge in [-0.05, 0) is 36.7 Å². The first-order chi connectivity index (χ1) is 13.6. The maximum atomic E-state index is 6.37. The molecule has 2 aromatic heterocycles. The Kier molecular flexibility index (Phi) is 4.48. The van der Waals surface area contributed by atoms with Gasteiger partial charge in [-0.1, -0.05) is 55.1 Å². The summed E-state index contributed by atoms with van der Waals surface area (Å²) in [5.41, 5.74) is 3.41. The number of aromatic amines is 1. The van der Waals surface area contributed by atoms with Gasteiger partial charge in [-0.25, -0.2) is 9.97 Å². The second-order valence-electron chi connectivity index (χ2n) is 8.24. The molecule has 3 heterocycles. The number of rotatable bonds is 2. The quantitative estimate of drug-likeness (QED) is 0.579. The number of benzene rings is 1. The number of anilines is 1. The van der Waals surface area contributed by atoms with E-state index in [9.17, 15) is 0 Å². The molecule has 28 heavy (non-hydrogen) atoms. The summed E-state index contributed by atoms with van der Waals surface area (Å²) < 4.78 is 0. The third-order valence-electron chi connectivity index (χ3n) is 6.91. The SMILES string of the molecule is CC1CCCC12CCN(c1cnc3c(-c4cccc(Cl)c4Cl)[nH]nc3n1)CC2. The van der Waals surface area contributed by atoms with Gasteiger partial charge in [-0.2, -0.15) is 5.10 Å². The van der Waals surface area contributed by atoms with Gasteiger partial charge < -0.3 is 4.90 Å². The highest BCUT2D eigenvalue weighted by Crippen LogP contribution is 2.50. The maximum absolute atomic E-state index is 6.37. The number of halogens is 2. The van der Waals surface area contributed by atoms with Gasteiger partial charge in [0.1, 0.15) is 11.3 Å². The molecule has 0 radical (unpaired) electrons. The zero-order valence-electron chi connectivity index (χ0n) is 15.9. The number of piperidine rings is 1. The Morgan fingerprint density at radius 3 is 2.75 bits per heavy atom. The first-order valence-electron chi connectivity index (χ1n) is 9.98. The molecule has 1 saturated heterocycles. The Morgan fingerprint density at radius 2 is 2.00 bits per heavy atom. The minimum absolute atomic E-state index is 0.493. The molecule has 3 aromatic rings. The van der Waals surface area contributed by atoms with Crippen LogP contribution >= 0.6 is 23.2 Å². The highest BCUT2D eigenvalue weighted by molar-refractivity contribution is 6.43. The maximum Gasteiger partial charge on any atom is 0.202 e. The molecule has 1 N–H and O–H groups in total. The van der Waals surface area contributed by atoms with Crippen molar-refractivity contribution in [3.8, 4) is 11.3 Å². The summed E-state index contributed by atoms with van der Waals surface area (Å²) in [6.45, 7) is 4.52. The van der Waals surface area contributed by atoms with Crippen LogP contribution in [0.5, 0.6) is 0 Å². The smallest absolute Gasteiger partial charge is 0.202 e. The summed E-state index contributed by atoms with van der Waals surface area (Å²) in [5, 5.41) is 8.42. The van der Waals surface area contributed by atoms with E-state index in [0.717, 1.165) is 36.1 Å². The minimum Gasteiger partial charge on any atom is -0.355 e. The van der Waals surface area contributed by atoms with Crippen LogP contribution in [0.25, 0.3) is 22.4 Å². The van der Waals surface area contributed by atoms with E-state index in [1.807, 2.05) is 18.3 Å². The van der Waals surface area contributed by atoms with Crippen molar-refractivity contribution in [3.63, 3.8) is 0 Å². The van der Waals surface area contributed by atoms with Gasteiger partial charge in [0.05, 0.1) is 21.9 Å². The fourth-order valence-electron chi connectivity index (χ4n) is 5.06. The average Bonchev–Trinajstić information content (AvgIpc) is 3.28. The number of nitrogens with zero attached hydrogens (tertiary/aromatic N) is 4. The van der Waals surface area contributed by atoms with E-state index in [-0.39, 0.29) is 0 Å². The number of nitrogens with one attached hydrogen (secondary N) is 1. The van der Waals surface area contributed by atoms with E-state index in [1.54, 1.807) is 6.07 Å². The minimum atomic E-state index is 0.493. The Bertz CT molecular complexity index is 1020. The van der Waals surface area contributed by atoms with Crippen molar-refractivity contribution in [2.24, 2.45) is 11.3 Å². The summed E-state index contributed by atoms with van der Waals surface area (Å²) >= 11 is 12.5. The monoisotopic (exact) mass is 415 g/mol. The summed E-state index contributed by atoms with van der Waals surface area (Å²) in [6.07, 6.45) is 8.50. The predicted octanol–water partition coefficient (Wildman–Crippen LogP) is 5.73. The Hall–Kier alpha value is -1.85. The van der Waals surface area contributed by atoms with Crippen LogP contribution in [0.4, 0.5) is 5.82 Å². The topological polar surface area (TPSA) is 57.7 Å². The molecular formula is C21H23Cl2N5. The molecule has 0 amide bonds. The Balaban J connectivity index is 1.42. The number of aromatic nitrogens is 4. The lowest BCUT2D eigenvalue weighted by atomic mass is 9.71. The van der Waals surface area contributed by atoms with Crippen molar-refractivity contribution >= 4 is 40.2 Å². The van der Waals surface area contributed by atoms with Gasteiger partial charge in [0.15, 0.2) is 0 Å². The van der Waals surface area contributed by atoms with Crippen LogP contribution in [0.15, 0.2) is 24.4 Å². The third-order valence-corrected chi connectivity index (χ3v) is 7.73. The van der Waals surface area contributed by atoms with E-state index in [0.29, 0.717) is 26.6 Å². The van der Waals surface area contributed by atoms with Gasteiger partial charge >= 0.3 is 0 Å². The van der Waals surface area contributed by atoms with Crippen molar-refractivity contribution in [2.45, 2.75) is 39.0 Å². The van der Waals surface area contributed by atoms with E-state index in [1.165, 1.54) is 32.1 Å². The van der Waals surface area contributed by atoms with Crippen molar-refractivity contribution in [1.82, 2.24) is 20.2 Å². The lowest BCUT2D eigenvalue weighted by Crippen LogP contribution is -2.41. The molecular weight excluding hydrogens is 393 g/mol. The molecule has 1 aliphatic carbocycles. The highest BCUT2D eigenvalue weighted by atomic mass is 35.5. The molecule has 1 aromatic carbocycles. The van der Waals surface area contributed by atoms with Gasteiger partial charge in [0.25, 0.3) is 0 Å². The average molecular weight is 416 g/mol. The zero-order valence-corrected chi connectivity index (χ0v) is 17.4. The van der Waals surface area contributed by atoms with Crippen molar-refractivity contribution < 1.29 is 0 Å². The third kappa shape index (κ3) is 2.87. The first-order valence-corrected chi connectivity index (χ1v) is 10.7. The second kappa shape index (κ2) is 6.89. The Labute approximate surface area is 174 Å². The Morgan fingerprint density at radius 1 is 1.18 bits per heavy atom. The summed E-state index contributed by atoms with van der Waals surface area (Å²) in [5.74, 6) is 1.75. The van der Waals surface area contributed by atoms with E-state index in [4.69, 9.17) is 28.2 Å². The van der Waals surface area contributed by atoms with Crippen LogP contribution in [-0.4, -0.2) is 33.3 Å². The molecule has 7 heteroatoms. The van der Waals surface area contributed by atoms with Crippen LogP contribution in [-0.2, 0) is 0 Å². The van der Waals surface area contributed by atoms with E-state index >= 15 is 0 Å². The lowest BCUT2D eigenvalue weighted by Gasteiger charge is -2.42. The largest absolute Gasteiger partial charge is 0.355 e. The molecule has 5 nitrogen and oxygen atoms in total. The molecule has 2 aliphatic rings. The highest BCUT2D eigenvalue weighted by Gasteiger charge is 2.42. The molecule has 146 valence electrons. The van der Waals surface area contributed by atoms with Gasteiger partial charge in [0.2, 0.25) is 5.65 Å². The normalized spacial score (nSPS) is 21.7. The fraction of sp³-hybridized carbons (Fsp3) is 0.476. The van der Waals surface area contributed by atoms with Gasteiger partial charge in [-0.3, -0.25) is 5.10 Å². The molecule has 1 atom stereocenters. The second-order valence-corrected chi connectivity index (χ2v) is 9.03.